The van der Waals surface area contributed by atoms with Crippen LogP contribution in [0.3, 0.4) is 0 Å². The summed E-state index contributed by atoms with van der Waals surface area (Å²) in [6.07, 6.45) is 2.09. The van der Waals surface area contributed by atoms with E-state index in [9.17, 15) is 0 Å². The Kier molecular flexibility index (Phi) is 4.11. The van der Waals surface area contributed by atoms with Crippen molar-refractivity contribution in [1.82, 2.24) is 5.01 Å². The third-order valence-corrected chi connectivity index (χ3v) is 4.55. The average molecular weight is 312 g/mol. The fourth-order valence-electron chi connectivity index (χ4n) is 3.38. The molecule has 1 heterocycles. The number of rotatable bonds is 4. The van der Waals surface area contributed by atoms with Crippen molar-refractivity contribution in [3.8, 4) is 0 Å². The van der Waals surface area contributed by atoms with E-state index in [2.05, 4.69) is 102 Å². The highest BCUT2D eigenvalue weighted by molar-refractivity contribution is 5.71. The summed E-state index contributed by atoms with van der Waals surface area (Å²) in [5, 5.41) is 6.97. The maximum atomic E-state index is 4.75. The Balaban J connectivity index is 1.68. The molecular weight excluding hydrogens is 292 g/mol. The van der Waals surface area contributed by atoms with Crippen LogP contribution in [-0.2, 0) is 6.54 Å². The summed E-state index contributed by atoms with van der Waals surface area (Å²) in [5.74, 6) is 0.275. The first-order valence-electron chi connectivity index (χ1n) is 8.36. The van der Waals surface area contributed by atoms with Crippen LogP contribution >= 0.6 is 0 Å². The topological polar surface area (TPSA) is 15.6 Å². The van der Waals surface area contributed by atoms with Gasteiger partial charge in [0.25, 0.3) is 0 Å². The third kappa shape index (κ3) is 2.95. The molecule has 0 saturated heterocycles. The SMILES string of the molecule is C1=NN(Cc2ccccc2)[C@H](c2ccccc2)[C@H]1c1ccccc1. The molecule has 4 rings (SSSR count). The molecule has 0 radical (unpaired) electrons. The summed E-state index contributed by atoms with van der Waals surface area (Å²) in [5.41, 5.74) is 3.90. The van der Waals surface area contributed by atoms with Crippen LogP contribution in [0.25, 0.3) is 0 Å². The lowest BCUT2D eigenvalue weighted by molar-refractivity contribution is 0.212. The van der Waals surface area contributed by atoms with Crippen molar-refractivity contribution in [3.63, 3.8) is 0 Å². The summed E-state index contributed by atoms with van der Waals surface area (Å²) >= 11 is 0. The van der Waals surface area contributed by atoms with Gasteiger partial charge in [0.05, 0.1) is 12.6 Å². The molecule has 0 aromatic heterocycles. The molecule has 0 aliphatic carbocycles. The second kappa shape index (κ2) is 6.71. The molecule has 118 valence electrons. The molecule has 0 saturated carbocycles. The Bertz CT molecular complexity index is 797. The van der Waals surface area contributed by atoms with Crippen molar-refractivity contribution in [1.29, 1.82) is 0 Å². The van der Waals surface area contributed by atoms with E-state index in [4.69, 9.17) is 5.10 Å². The van der Waals surface area contributed by atoms with Crippen molar-refractivity contribution >= 4 is 6.21 Å². The van der Waals surface area contributed by atoms with Gasteiger partial charge in [0, 0.05) is 12.1 Å². The Labute approximate surface area is 143 Å². The van der Waals surface area contributed by atoms with Crippen molar-refractivity contribution in [2.24, 2.45) is 5.10 Å². The molecule has 3 aromatic carbocycles. The highest BCUT2D eigenvalue weighted by Gasteiger charge is 2.33. The second-order valence-corrected chi connectivity index (χ2v) is 6.14. The minimum atomic E-state index is 0.230. The largest absolute Gasteiger partial charge is 0.284 e. The normalized spacial score (nSPS) is 19.6. The van der Waals surface area contributed by atoms with Gasteiger partial charge in [-0.15, -0.1) is 0 Å². The second-order valence-electron chi connectivity index (χ2n) is 6.14. The molecule has 2 atom stereocenters. The molecular formula is C22H20N2. The van der Waals surface area contributed by atoms with Crippen LogP contribution in [0.4, 0.5) is 0 Å². The minimum absolute atomic E-state index is 0.230. The Morgan fingerprint density at radius 1 is 0.667 bits per heavy atom. The molecule has 1 aliphatic heterocycles. The molecule has 0 unspecified atom stereocenters. The van der Waals surface area contributed by atoms with E-state index in [0.717, 1.165) is 6.54 Å². The number of hydrogen-bond donors (Lipinski definition) is 0. The van der Waals surface area contributed by atoms with Crippen LogP contribution in [-0.4, -0.2) is 11.2 Å². The maximum Gasteiger partial charge on any atom is 0.0842 e. The van der Waals surface area contributed by atoms with Gasteiger partial charge in [0.1, 0.15) is 0 Å². The van der Waals surface area contributed by atoms with Gasteiger partial charge in [-0.2, -0.15) is 5.10 Å². The molecule has 2 nitrogen and oxygen atoms in total. The molecule has 0 fully saturated rings. The lowest BCUT2D eigenvalue weighted by Crippen LogP contribution is -2.23. The first-order valence-corrected chi connectivity index (χ1v) is 8.36. The highest BCUT2D eigenvalue weighted by Crippen LogP contribution is 2.39. The molecule has 1 aliphatic rings. The summed E-state index contributed by atoms with van der Waals surface area (Å²) in [7, 11) is 0. The van der Waals surface area contributed by atoms with E-state index in [-0.39, 0.29) is 12.0 Å². The predicted molar refractivity (Wildman–Crippen MR) is 98.8 cm³/mol. The molecule has 2 heteroatoms. The van der Waals surface area contributed by atoms with E-state index in [1.54, 1.807) is 0 Å². The minimum Gasteiger partial charge on any atom is -0.284 e. The quantitative estimate of drug-likeness (QED) is 0.661. The van der Waals surface area contributed by atoms with Crippen molar-refractivity contribution < 1.29 is 0 Å². The van der Waals surface area contributed by atoms with Crippen LogP contribution < -0.4 is 0 Å². The lowest BCUT2D eigenvalue weighted by Gasteiger charge is -2.28. The Morgan fingerprint density at radius 3 is 1.83 bits per heavy atom. The van der Waals surface area contributed by atoms with Crippen LogP contribution in [0.5, 0.6) is 0 Å². The summed E-state index contributed by atoms with van der Waals surface area (Å²) < 4.78 is 0. The zero-order valence-corrected chi connectivity index (χ0v) is 13.5. The predicted octanol–water partition coefficient (Wildman–Crippen LogP) is 5.01. The van der Waals surface area contributed by atoms with Gasteiger partial charge in [-0.05, 0) is 16.7 Å². The monoisotopic (exact) mass is 312 g/mol. The molecule has 24 heavy (non-hydrogen) atoms. The smallest absolute Gasteiger partial charge is 0.0842 e. The molecule has 0 spiro atoms. The van der Waals surface area contributed by atoms with Crippen LogP contribution in [0.15, 0.2) is 96.1 Å². The fourth-order valence-corrected chi connectivity index (χ4v) is 3.38. The molecule has 3 aromatic rings. The van der Waals surface area contributed by atoms with E-state index in [1.165, 1.54) is 16.7 Å². The summed E-state index contributed by atoms with van der Waals surface area (Å²) in [6, 6.07) is 32.1. The Hall–Kier alpha value is -2.87. The maximum absolute atomic E-state index is 4.75. The zero-order chi connectivity index (χ0) is 16.2. The van der Waals surface area contributed by atoms with Crippen molar-refractivity contribution in [3.05, 3.63) is 108 Å². The highest BCUT2D eigenvalue weighted by atomic mass is 15.5. The van der Waals surface area contributed by atoms with E-state index < -0.39 is 0 Å². The lowest BCUT2D eigenvalue weighted by atomic mass is 9.88. The summed E-state index contributed by atoms with van der Waals surface area (Å²) in [4.78, 5) is 0. The third-order valence-electron chi connectivity index (χ3n) is 4.55. The van der Waals surface area contributed by atoms with Gasteiger partial charge in [0.2, 0.25) is 0 Å². The fraction of sp³-hybridized carbons (Fsp3) is 0.136. The van der Waals surface area contributed by atoms with E-state index in [1.807, 2.05) is 0 Å². The molecule has 0 N–H and O–H groups in total. The van der Waals surface area contributed by atoms with Gasteiger partial charge in [-0.25, -0.2) is 0 Å². The Morgan fingerprint density at radius 2 is 1.21 bits per heavy atom. The average Bonchev–Trinajstić information content (AvgIpc) is 3.07. The van der Waals surface area contributed by atoms with E-state index >= 15 is 0 Å². The van der Waals surface area contributed by atoms with Crippen molar-refractivity contribution in [2.75, 3.05) is 0 Å². The van der Waals surface area contributed by atoms with Crippen LogP contribution in [0, 0.1) is 0 Å². The number of nitrogens with zero attached hydrogens (tertiary/aromatic N) is 2. The first kappa shape index (κ1) is 14.7. The number of hydrazone groups is 1. The van der Waals surface area contributed by atoms with Gasteiger partial charge in [-0.1, -0.05) is 91.0 Å². The van der Waals surface area contributed by atoms with Gasteiger partial charge in [0.15, 0.2) is 0 Å². The van der Waals surface area contributed by atoms with Gasteiger partial charge >= 0.3 is 0 Å². The van der Waals surface area contributed by atoms with Crippen LogP contribution in [0.2, 0.25) is 0 Å². The van der Waals surface area contributed by atoms with E-state index in [0.29, 0.717) is 0 Å². The molecule has 0 bridgehead atoms. The van der Waals surface area contributed by atoms with Crippen molar-refractivity contribution in [2.45, 2.75) is 18.5 Å². The summed E-state index contributed by atoms with van der Waals surface area (Å²) in [6.45, 7) is 0.820. The standard InChI is InChI=1S/C22H20N2/c1-4-10-18(11-5-1)17-24-22(20-14-8-3-9-15-20)21(16-23-24)19-12-6-2-7-13-19/h1-16,21-22H,17H2/t21-,22-/m1/s1. The molecule has 0 amide bonds. The van der Waals surface area contributed by atoms with Gasteiger partial charge in [-0.3, -0.25) is 5.01 Å². The van der Waals surface area contributed by atoms with Gasteiger partial charge < -0.3 is 0 Å². The van der Waals surface area contributed by atoms with Crippen LogP contribution in [0.1, 0.15) is 28.7 Å². The number of hydrogen-bond acceptors (Lipinski definition) is 2. The number of benzene rings is 3. The zero-order valence-electron chi connectivity index (χ0n) is 13.5. The first-order chi connectivity index (χ1) is 11.9.